The molecule has 95 heavy (non-hydrogen) atoms. The van der Waals surface area contributed by atoms with E-state index in [1.54, 1.807) is 0 Å². The predicted molar refractivity (Wildman–Crippen MR) is 389 cm³/mol. The molecular weight excluding hydrogens is 1240 g/mol. The number of esters is 3. The fraction of sp³-hybridized carbons (Fsp3) is 0.597. The second kappa shape index (κ2) is 68.8. The van der Waals surface area contributed by atoms with Gasteiger partial charge in [0, 0.05) is 19.3 Å². The monoisotopic (exact) mass is 1370 g/mol. The molecule has 16 nitrogen and oxygen atoms in total. The van der Waals surface area contributed by atoms with E-state index in [0.717, 1.165) is 161 Å². The summed E-state index contributed by atoms with van der Waals surface area (Å²) in [6, 6.07) is 0. The first kappa shape index (κ1) is 89.9. The Bertz CT molecular complexity index is 2410. The molecule has 0 amide bonds. The van der Waals surface area contributed by atoms with Crippen LogP contribution < -0.4 is 0 Å². The Labute approximate surface area is 573 Å². The number of carbonyl (C=O) groups is 3. The van der Waals surface area contributed by atoms with Crippen molar-refractivity contribution in [1.29, 1.82) is 0 Å². The fourth-order valence-corrected chi connectivity index (χ4v) is 10.1. The van der Waals surface area contributed by atoms with Crippen molar-refractivity contribution in [2.75, 3.05) is 39.6 Å². The predicted octanol–water partition coefficient (Wildman–Crippen LogP) is 20.1. The van der Waals surface area contributed by atoms with Gasteiger partial charge in [0.15, 0.2) is 6.10 Å². The summed E-state index contributed by atoms with van der Waals surface area (Å²) in [5.41, 5.74) is 0. The van der Waals surface area contributed by atoms with E-state index in [4.69, 9.17) is 32.3 Å². The minimum atomic E-state index is -4.95. The van der Waals surface area contributed by atoms with E-state index >= 15 is 0 Å². The third kappa shape index (κ3) is 70.1. The van der Waals surface area contributed by atoms with Crippen molar-refractivity contribution in [2.24, 2.45) is 0 Å². The number of allylic oxidation sites excluding steroid dienone is 28. The lowest BCUT2D eigenvalue weighted by molar-refractivity contribution is -0.161. The highest BCUT2D eigenvalue weighted by Gasteiger charge is 2.29. The van der Waals surface area contributed by atoms with Crippen LogP contribution >= 0.6 is 15.6 Å². The van der Waals surface area contributed by atoms with Crippen LogP contribution in [0.5, 0.6) is 0 Å². The Morgan fingerprint density at radius 1 is 0.305 bits per heavy atom. The number of hydrogen-bond acceptors (Lipinski definition) is 14. The molecule has 0 radical (unpaired) electrons. The summed E-state index contributed by atoms with van der Waals surface area (Å²) in [6.45, 7) is 2.28. The zero-order chi connectivity index (χ0) is 69.5. The molecule has 0 aliphatic rings. The zero-order valence-electron chi connectivity index (χ0n) is 58.3. The van der Waals surface area contributed by atoms with Crippen molar-refractivity contribution in [2.45, 2.75) is 257 Å². The number of phosphoric ester groups is 2. The molecule has 18 heteroatoms. The summed E-state index contributed by atoms with van der Waals surface area (Å²) in [5, 5.41) is 20.6. The van der Waals surface area contributed by atoms with Crippen molar-refractivity contribution in [3.63, 3.8) is 0 Å². The first-order valence-electron chi connectivity index (χ1n) is 35.4. The zero-order valence-corrected chi connectivity index (χ0v) is 60.1. The van der Waals surface area contributed by atoms with E-state index in [-0.39, 0.29) is 19.3 Å². The van der Waals surface area contributed by atoms with E-state index in [2.05, 4.69) is 191 Å². The summed E-state index contributed by atoms with van der Waals surface area (Å²) >= 11 is 0. The summed E-state index contributed by atoms with van der Waals surface area (Å²) in [4.78, 5) is 58.5. The fourth-order valence-electron chi connectivity index (χ4n) is 8.55. The number of unbranched alkanes of at least 4 members (excludes halogenated alkanes) is 14. The quantitative estimate of drug-likeness (QED) is 0.0146. The molecule has 4 N–H and O–H groups in total. The maximum atomic E-state index is 12.9. The number of carbonyl (C=O) groups excluding carboxylic acids is 3. The van der Waals surface area contributed by atoms with Crippen molar-refractivity contribution >= 4 is 33.6 Å². The highest BCUT2D eigenvalue weighted by atomic mass is 31.2. The number of hydrogen-bond donors (Lipinski definition) is 4. The van der Waals surface area contributed by atoms with Gasteiger partial charge >= 0.3 is 33.6 Å². The highest BCUT2D eigenvalue weighted by molar-refractivity contribution is 7.47. The molecule has 0 heterocycles. The van der Waals surface area contributed by atoms with Crippen LogP contribution in [0.25, 0.3) is 0 Å². The van der Waals surface area contributed by atoms with Crippen LogP contribution in [-0.4, -0.2) is 95.9 Å². The van der Waals surface area contributed by atoms with Crippen molar-refractivity contribution in [3.05, 3.63) is 170 Å². The average molecular weight is 1370 g/mol. The average Bonchev–Trinajstić information content (AvgIpc) is 1.93. The summed E-state index contributed by atoms with van der Waals surface area (Å²) in [6.07, 6.45) is 85.4. The lowest BCUT2D eigenvalue weighted by Gasteiger charge is -2.21. The summed E-state index contributed by atoms with van der Waals surface area (Å²) in [5.74, 6) is -1.68. The summed E-state index contributed by atoms with van der Waals surface area (Å²) in [7, 11) is -9.82. The molecule has 5 atom stereocenters. The highest BCUT2D eigenvalue weighted by Crippen LogP contribution is 2.45. The molecule has 0 fully saturated rings. The second-order valence-electron chi connectivity index (χ2n) is 22.9. The lowest BCUT2D eigenvalue weighted by Crippen LogP contribution is -2.30. The Morgan fingerprint density at radius 2 is 0.558 bits per heavy atom. The first-order chi connectivity index (χ1) is 46.2. The van der Waals surface area contributed by atoms with Crippen LogP contribution in [-0.2, 0) is 55.8 Å². The van der Waals surface area contributed by atoms with Gasteiger partial charge in [-0.3, -0.25) is 32.5 Å². The SMILES string of the molecule is CC/C=C\C/C=C\C/C=C\C/C=C\C/C=C\C/C=C\CCCCCCC(=O)OCC(O)COP(=O)(O)OCC(O)COP(=O)(O)OCC(COC(=O)CCCC/C=C\C/C=C\C/C=C\C/C=C\C/C=C\C/C=C\CC)OC(=O)CCCCCCC/C=C\C/C=C\CCCCC. The molecule has 0 aliphatic heterocycles. The van der Waals surface area contributed by atoms with Crippen LogP contribution in [0.1, 0.15) is 239 Å². The molecule has 0 aromatic rings. The van der Waals surface area contributed by atoms with E-state index in [1.165, 1.54) is 19.3 Å². The molecule has 538 valence electrons. The normalized spacial score (nSPS) is 15.1. The molecule has 0 rings (SSSR count). The van der Waals surface area contributed by atoms with Crippen LogP contribution in [0.3, 0.4) is 0 Å². The molecule has 0 aliphatic carbocycles. The van der Waals surface area contributed by atoms with Gasteiger partial charge in [0.05, 0.1) is 26.4 Å². The van der Waals surface area contributed by atoms with E-state index in [1.807, 2.05) is 0 Å². The molecule has 0 aromatic heterocycles. The van der Waals surface area contributed by atoms with Gasteiger partial charge in [0.25, 0.3) is 0 Å². The molecule has 0 saturated carbocycles. The number of aliphatic hydroxyl groups excluding tert-OH is 2. The van der Waals surface area contributed by atoms with E-state index in [0.29, 0.717) is 19.3 Å². The Hall–Kier alpha value is -5.09. The van der Waals surface area contributed by atoms with Crippen molar-refractivity contribution in [3.8, 4) is 0 Å². The van der Waals surface area contributed by atoms with Gasteiger partial charge in [-0.15, -0.1) is 0 Å². The van der Waals surface area contributed by atoms with Gasteiger partial charge in [-0.05, 0) is 154 Å². The summed E-state index contributed by atoms with van der Waals surface area (Å²) < 4.78 is 60.9. The van der Waals surface area contributed by atoms with Gasteiger partial charge in [0.1, 0.15) is 25.4 Å². The first-order valence-corrected chi connectivity index (χ1v) is 38.4. The second-order valence-corrected chi connectivity index (χ2v) is 25.8. The van der Waals surface area contributed by atoms with Gasteiger partial charge < -0.3 is 34.2 Å². The maximum Gasteiger partial charge on any atom is 0.472 e. The van der Waals surface area contributed by atoms with E-state index < -0.39 is 91.5 Å². The molecule has 5 unspecified atom stereocenters. The maximum absolute atomic E-state index is 12.9. The molecular formula is C77H124O16P2. The smallest absolute Gasteiger partial charge is 0.463 e. The number of aliphatic hydroxyl groups is 2. The Morgan fingerprint density at radius 3 is 0.905 bits per heavy atom. The standard InChI is InChI=1S/C77H124O16P2/c1-4-7-10-13-16-19-22-25-28-30-32-34-35-37-39-40-43-45-48-51-54-57-60-63-75(80)87-66-72(78)67-89-94(83,84)90-68-73(79)69-91-95(85,86)92-71-74(93-77(82)65-62-59-56-53-50-47-42-27-24-21-18-15-12-9-6-3)70-88-76(81)64-61-58-55-52-49-46-44-41-38-36-33-31-29-26-23-20-17-14-11-8-5-2/h7-8,10-11,16-21,25-29,32-34,36-37,39,41-45,49,52,72-74,78-79H,4-6,9,12-15,22-24,30-31,35,38,40,46-48,50-51,53-71H2,1-3H3,(H,83,84)(H,85,86)/b10-7-,11-8-,19-16-,20-17-,21-18-,28-25-,29-26-,34-32-,36-33-,39-37-,42-27-,44-41-,45-43-,52-49-. The number of ether oxygens (including phenoxy) is 3. The minimum Gasteiger partial charge on any atom is -0.463 e. The molecule has 0 aromatic carbocycles. The molecule has 0 saturated heterocycles. The van der Waals surface area contributed by atoms with Crippen LogP contribution in [0.15, 0.2) is 170 Å². The lowest BCUT2D eigenvalue weighted by atomic mass is 10.1. The minimum absolute atomic E-state index is 0.0714. The van der Waals surface area contributed by atoms with Crippen LogP contribution in [0.2, 0.25) is 0 Å². The molecule has 0 spiro atoms. The molecule has 0 bridgehead atoms. The topological polar surface area (TPSA) is 231 Å². The van der Waals surface area contributed by atoms with Crippen LogP contribution in [0, 0.1) is 0 Å². The largest absolute Gasteiger partial charge is 0.472 e. The Balaban J connectivity index is 4.75. The van der Waals surface area contributed by atoms with Crippen molar-refractivity contribution in [1.82, 2.24) is 0 Å². The van der Waals surface area contributed by atoms with Gasteiger partial charge in [0.2, 0.25) is 0 Å². The third-order valence-corrected chi connectivity index (χ3v) is 15.8. The van der Waals surface area contributed by atoms with Gasteiger partial charge in [-0.1, -0.05) is 236 Å². The number of rotatable bonds is 65. The third-order valence-electron chi connectivity index (χ3n) is 13.9. The van der Waals surface area contributed by atoms with Gasteiger partial charge in [-0.2, -0.15) is 0 Å². The van der Waals surface area contributed by atoms with E-state index in [9.17, 15) is 43.5 Å². The van der Waals surface area contributed by atoms with Crippen LogP contribution in [0.4, 0.5) is 0 Å². The number of phosphoric acid groups is 2. The Kier molecular flexibility index (Phi) is 65.1. The van der Waals surface area contributed by atoms with Crippen molar-refractivity contribution < 1.29 is 75.8 Å². The van der Waals surface area contributed by atoms with Gasteiger partial charge in [-0.25, -0.2) is 9.13 Å².